The predicted octanol–water partition coefficient (Wildman–Crippen LogP) is 5.32. The minimum atomic E-state index is 0.528. The van der Waals surface area contributed by atoms with Crippen LogP contribution in [0.2, 0.25) is 5.15 Å². The van der Waals surface area contributed by atoms with Crippen LogP contribution in [0.3, 0.4) is 0 Å². The van der Waals surface area contributed by atoms with E-state index in [4.69, 9.17) is 11.6 Å². The van der Waals surface area contributed by atoms with Gasteiger partial charge in [-0.2, -0.15) is 0 Å². The maximum Gasteiger partial charge on any atom is 0.137 e. The van der Waals surface area contributed by atoms with Crippen LogP contribution in [-0.2, 0) is 0 Å². The van der Waals surface area contributed by atoms with Gasteiger partial charge in [0, 0.05) is 15.4 Å². The zero-order valence-electron chi connectivity index (χ0n) is 9.40. The van der Waals surface area contributed by atoms with E-state index in [2.05, 4.69) is 27.0 Å². The van der Waals surface area contributed by atoms with E-state index in [1.54, 1.807) is 0 Å². The lowest BCUT2D eigenvalue weighted by molar-refractivity contribution is 1.40. The summed E-state index contributed by atoms with van der Waals surface area (Å²) in [6.07, 6.45) is 0. The van der Waals surface area contributed by atoms with Crippen LogP contribution in [0.15, 0.2) is 59.1 Å². The molecule has 0 saturated carbocycles. The first kappa shape index (κ1) is 11.7. The Labute approximate surface area is 119 Å². The summed E-state index contributed by atoms with van der Waals surface area (Å²) in [4.78, 5) is 4.47. The van der Waals surface area contributed by atoms with Crippen LogP contribution >= 0.6 is 27.5 Å². The fourth-order valence-corrected chi connectivity index (χ4v) is 2.68. The smallest absolute Gasteiger partial charge is 0.137 e. The van der Waals surface area contributed by atoms with Gasteiger partial charge in [0.05, 0.1) is 5.52 Å². The highest BCUT2D eigenvalue weighted by Gasteiger charge is 2.08. The molecule has 0 atom stereocenters. The van der Waals surface area contributed by atoms with Crippen molar-refractivity contribution in [1.82, 2.24) is 4.98 Å². The molecule has 3 rings (SSSR count). The lowest BCUT2D eigenvalue weighted by atomic mass is 10.1. The number of fused-ring (bicyclic) bond motifs is 1. The first-order valence-electron chi connectivity index (χ1n) is 5.56. The average molecular weight is 319 g/mol. The van der Waals surface area contributed by atoms with Gasteiger partial charge in [-0.1, -0.05) is 54.1 Å². The third kappa shape index (κ3) is 2.02. The molecule has 1 aromatic heterocycles. The second kappa shape index (κ2) is 4.71. The number of hydrogen-bond acceptors (Lipinski definition) is 1. The van der Waals surface area contributed by atoms with Crippen LogP contribution in [0.4, 0.5) is 0 Å². The van der Waals surface area contributed by atoms with Crippen molar-refractivity contribution in [2.75, 3.05) is 0 Å². The molecule has 0 N–H and O–H groups in total. The molecule has 88 valence electrons. The Kier molecular flexibility index (Phi) is 3.06. The summed E-state index contributed by atoms with van der Waals surface area (Å²) in [7, 11) is 0. The number of aromatic nitrogens is 1. The molecule has 1 heterocycles. The molecule has 0 saturated heterocycles. The van der Waals surface area contributed by atoms with Crippen molar-refractivity contribution >= 4 is 38.4 Å². The van der Waals surface area contributed by atoms with Gasteiger partial charge in [0.15, 0.2) is 0 Å². The molecule has 0 spiro atoms. The van der Waals surface area contributed by atoms with E-state index >= 15 is 0 Å². The van der Waals surface area contributed by atoms with E-state index in [-0.39, 0.29) is 0 Å². The normalized spacial score (nSPS) is 10.8. The Morgan fingerprint density at radius 2 is 1.72 bits per heavy atom. The van der Waals surface area contributed by atoms with Gasteiger partial charge in [-0.15, -0.1) is 0 Å². The molecule has 0 aliphatic rings. The topological polar surface area (TPSA) is 12.9 Å². The number of benzene rings is 2. The summed E-state index contributed by atoms with van der Waals surface area (Å²) < 4.78 is 0.960. The van der Waals surface area contributed by atoms with E-state index in [9.17, 15) is 0 Å². The molecule has 0 fully saturated rings. The lowest BCUT2D eigenvalue weighted by Crippen LogP contribution is -1.86. The fourth-order valence-electron chi connectivity index (χ4n) is 1.96. The van der Waals surface area contributed by atoms with Crippen LogP contribution in [0.5, 0.6) is 0 Å². The van der Waals surface area contributed by atoms with E-state index in [1.807, 2.05) is 48.5 Å². The first-order valence-corrected chi connectivity index (χ1v) is 6.73. The Bertz CT molecular complexity index is 710. The summed E-state index contributed by atoms with van der Waals surface area (Å²) in [6.45, 7) is 0. The van der Waals surface area contributed by atoms with Gasteiger partial charge in [0.2, 0.25) is 0 Å². The van der Waals surface area contributed by atoms with Crippen LogP contribution in [0.1, 0.15) is 0 Å². The standard InChI is InChI=1S/C15H9BrClN/c16-13-8-4-7-11-9-12(15(17)18-14(11)13)10-5-2-1-3-6-10/h1-9H. The summed E-state index contributed by atoms with van der Waals surface area (Å²) in [5.74, 6) is 0. The maximum atomic E-state index is 6.28. The fraction of sp³-hybridized carbons (Fsp3) is 0. The highest BCUT2D eigenvalue weighted by molar-refractivity contribution is 9.10. The molecular weight excluding hydrogens is 310 g/mol. The van der Waals surface area contributed by atoms with Gasteiger partial charge in [0.1, 0.15) is 5.15 Å². The van der Waals surface area contributed by atoms with Crippen molar-refractivity contribution in [1.29, 1.82) is 0 Å². The minimum Gasteiger partial charge on any atom is -0.234 e. The van der Waals surface area contributed by atoms with E-state index in [0.29, 0.717) is 5.15 Å². The highest BCUT2D eigenvalue weighted by Crippen LogP contribution is 2.32. The Morgan fingerprint density at radius 1 is 0.944 bits per heavy atom. The summed E-state index contributed by atoms with van der Waals surface area (Å²) in [5, 5.41) is 1.60. The molecule has 0 unspecified atom stereocenters. The molecular formula is C15H9BrClN. The van der Waals surface area contributed by atoms with Crippen molar-refractivity contribution in [2.45, 2.75) is 0 Å². The van der Waals surface area contributed by atoms with E-state index in [1.165, 1.54) is 0 Å². The number of pyridine rings is 1. The third-order valence-corrected chi connectivity index (χ3v) is 3.76. The number of halogens is 2. The zero-order chi connectivity index (χ0) is 12.5. The maximum absolute atomic E-state index is 6.28. The van der Waals surface area contributed by atoms with Gasteiger partial charge in [-0.25, -0.2) is 4.98 Å². The predicted molar refractivity (Wildman–Crippen MR) is 79.9 cm³/mol. The van der Waals surface area contributed by atoms with Crippen LogP contribution in [-0.4, -0.2) is 4.98 Å². The average Bonchev–Trinajstić information content (AvgIpc) is 2.40. The van der Waals surface area contributed by atoms with Crippen molar-refractivity contribution in [3.63, 3.8) is 0 Å². The van der Waals surface area contributed by atoms with Crippen molar-refractivity contribution in [3.8, 4) is 11.1 Å². The Hall–Kier alpha value is -1.38. The number of hydrogen-bond donors (Lipinski definition) is 0. The minimum absolute atomic E-state index is 0.528. The van der Waals surface area contributed by atoms with Crippen LogP contribution in [0.25, 0.3) is 22.0 Å². The molecule has 18 heavy (non-hydrogen) atoms. The summed E-state index contributed by atoms with van der Waals surface area (Å²) >= 11 is 9.77. The van der Waals surface area contributed by atoms with Gasteiger partial charge in [-0.05, 0) is 33.6 Å². The van der Waals surface area contributed by atoms with Crippen molar-refractivity contribution in [3.05, 3.63) is 64.2 Å². The van der Waals surface area contributed by atoms with Gasteiger partial charge >= 0.3 is 0 Å². The molecule has 0 amide bonds. The molecule has 0 radical (unpaired) electrons. The number of rotatable bonds is 1. The zero-order valence-corrected chi connectivity index (χ0v) is 11.7. The molecule has 1 nitrogen and oxygen atoms in total. The van der Waals surface area contributed by atoms with Crippen LogP contribution < -0.4 is 0 Å². The lowest BCUT2D eigenvalue weighted by Gasteiger charge is -2.07. The number of nitrogens with zero attached hydrogens (tertiary/aromatic N) is 1. The second-order valence-corrected chi connectivity index (χ2v) is 5.22. The number of para-hydroxylation sites is 1. The van der Waals surface area contributed by atoms with E-state index in [0.717, 1.165) is 26.5 Å². The Balaban J connectivity index is 2.29. The van der Waals surface area contributed by atoms with Gasteiger partial charge in [-0.3, -0.25) is 0 Å². The highest BCUT2D eigenvalue weighted by atomic mass is 79.9. The molecule has 0 aliphatic heterocycles. The Morgan fingerprint density at radius 3 is 2.50 bits per heavy atom. The SMILES string of the molecule is Clc1nc2c(Br)cccc2cc1-c1ccccc1. The van der Waals surface area contributed by atoms with E-state index < -0.39 is 0 Å². The molecule has 0 bridgehead atoms. The van der Waals surface area contributed by atoms with Gasteiger partial charge in [0.25, 0.3) is 0 Å². The monoisotopic (exact) mass is 317 g/mol. The quantitative estimate of drug-likeness (QED) is 0.553. The van der Waals surface area contributed by atoms with Crippen molar-refractivity contribution in [2.24, 2.45) is 0 Å². The van der Waals surface area contributed by atoms with Crippen LogP contribution in [0, 0.1) is 0 Å². The first-order chi connectivity index (χ1) is 8.75. The van der Waals surface area contributed by atoms with Crippen molar-refractivity contribution < 1.29 is 0 Å². The molecule has 3 aromatic rings. The summed E-state index contributed by atoms with van der Waals surface area (Å²) in [6, 6.07) is 18.1. The third-order valence-electron chi connectivity index (χ3n) is 2.83. The molecule has 2 aromatic carbocycles. The van der Waals surface area contributed by atoms with Gasteiger partial charge < -0.3 is 0 Å². The molecule has 3 heteroatoms. The second-order valence-electron chi connectivity index (χ2n) is 4.00. The summed E-state index contributed by atoms with van der Waals surface area (Å²) in [5.41, 5.74) is 2.93. The molecule has 0 aliphatic carbocycles. The largest absolute Gasteiger partial charge is 0.234 e.